The van der Waals surface area contributed by atoms with Crippen molar-refractivity contribution in [1.82, 2.24) is 14.4 Å². The van der Waals surface area contributed by atoms with Crippen molar-refractivity contribution in [2.24, 2.45) is 0 Å². The van der Waals surface area contributed by atoms with E-state index in [-0.39, 0.29) is 21.8 Å². The first-order valence-corrected chi connectivity index (χ1v) is 12.4. The highest BCUT2D eigenvalue weighted by molar-refractivity contribution is 7.89. The molecule has 0 bridgehead atoms. The summed E-state index contributed by atoms with van der Waals surface area (Å²) >= 11 is 0. The lowest BCUT2D eigenvalue weighted by Crippen LogP contribution is -2.35. The van der Waals surface area contributed by atoms with Crippen LogP contribution in [0.15, 0.2) is 57.9 Å². The van der Waals surface area contributed by atoms with Gasteiger partial charge in [0.05, 0.1) is 4.90 Å². The molecule has 174 valence electrons. The second-order valence-electron chi connectivity index (χ2n) is 9.20. The van der Waals surface area contributed by atoms with E-state index in [2.05, 4.69) is 15.5 Å². The summed E-state index contributed by atoms with van der Waals surface area (Å²) in [7, 11) is -3.61. The van der Waals surface area contributed by atoms with Gasteiger partial charge in [-0.15, -0.1) is 0 Å². The Morgan fingerprint density at radius 1 is 1.03 bits per heavy atom. The van der Waals surface area contributed by atoms with Gasteiger partial charge in [-0.2, -0.15) is 9.29 Å². The van der Waals surface area contributed by atoms with E-state index >= 15 is 0 Å². The van der Waals surface area contributed by atoms with Crippen LogP contribution in [-0.4, -0.2) is 41.9 Å². The number of amides is 1. The average molecular weight is 469 g/mol. The van der Waals surface area contributed by atoms with E-state index in [4.69, 9.17) is 4.52 Å². The van der Waals surface area contributed by atoms with E-state index in [9.17, 15) is 13.2 Å². The maximum atomic E-state index is 12.9. The molecule has 1 N–H and O–H groups in total. The van der Waals surface area contributed by atoms with Crippen molar-refractivity contribution in [3.05, 3.63) is 60.0 Å². The largest absolute Gasteiger partial charge is 0.338 e. The maximum Gasteiger partial charge on any atom is 0.255 e. The minimum atomic E-state index is -3.61. The molecule has 33 heavy (non-hydrogen) atoms. The first-order chi connectivity index (χ1) is 15.6. The van der Waals surface area contributed by atoms with Gasteiger partial charge in [0, 0.05) is 35.3 Å². The Bertz CT molecular complexity index is 1240. The number of sulfonamides is 1. The fourth-order valence-corrected chi connectivity index (χ4v) is 5.17. The number of hydrogen-bond donors (Lipinski definition) is 1. The summed E-state index contributed by atoms with van der Waals surface area (Å²) in [6.45, 7) is 7.02. The normalized spacial score (nSPS) is 15.4. The van der Waals surface area contributed by atoms with Gasteiger partial charge in [0.25, 0.3) is 5.91 Å². The van der Waals surface area contributed by atoms with Crippen LogP contribution in [0.4, 0.5) is 5.69 Å². The summed E-state index contributed by atoms with van der Waals surface area (Å²) in [6, 6.07) is 13.2. The molecule has 0 spiro atoms. The number of nitrogens with zero attached hydrogens (tertiary/aromatic N) is 3. The molecule has 1 amide bonds. The third-order valence-electron chi connectivity index (χ3n) is 5.52. The smallest absolute Gasteiger partial charge is 0.255 e. The molecule has 1 aliphatic rings. The summed E-state index contributed by atoms with van der Waals surface area (Å²) in [5, 5.41) is 6.84. The van der Waals surface area contributed by atoms with Gasteiger partial charge in [0.1, 0.15) is 0 Å². The van der Waals surface area contributed by atoms with Gasteiger partial charge in [-0.3, -0.25) is 4.79 Å². The minimum absolute atomic E-state index is 0.138. The molecule has 4 rings (SSSR count). The zero-order valence-electron chi connectivity index (χ0n) is 19.0. The van der Waals surface area contributed by atoms with Gasteiger partial charge in [-0.05, 0) is 55.3 Å². The topological polar surface area (TPSA) is 105 Å². The highest BCUT2D eigenvalue weighted by Gasteiger charge is 2.26. The highest BCUT2D eigenvalue weighted by Crippen LogP contribution is 2.25. The average Bonchev–Trinajstić information content (AvgIpc) is 3.31. The zero-order chi connectivity index (χ0) is 23.6. The van der Waals surface area contributed by atoms with E-state index in [0.29, 0.717) is 30.5 Å². The number of aromatic nitrogens is 2. The number of piperidine rings is 1. The van der Waals surface area contributed by atoms with Gasteiger partial charge in [0.2, 0.25) is 21.7 Å². The zero-order valence-corrected chi connectivity index (χ0v) is 19.9. The SMILES string of the molecule is CC(C)(C)c1nc(-c2ccc(NC(=O)c3cccc(S(=O)(=O)N4CCCCC4)c3)cc2)no1. The Morgan fingerprint density at radius 3 is 2.36 bits per heavy atom. The molecule has 2 aromatic carbocycles. The molecule has 8 nitrogen and oxygen atoms in total. The van der Waals surface area contributed by atoms with Gasteiger partial charge < -0.3 is 9.84 Å². The third-order valence-corrected chi connectivity index (χ3v) is 7.41. The van der Waals surface area contributed by atoms with Gasteiger partial charge in [-0.1, -0.05) is 38.4 Å². The highest BCUT2D eigenvalue weighted by atomic mass is 32.2. The minimum Gasteiger partial charge on any atom is -0.338 e. The van der Waals surface area contributed by atoms with Crippen LogP contribution in [0.1, 0.15) is 56.3 Å². The Balaban J connectivity index is 1.47. The molecule has 0 aliphatic carbocycles. The number of benzene rings is 2. The van der Waals surface area contributed by atoms with Crippen molar-refractivity contribution in [1.29, 1.82) is 0 Å². The van der Waals surface area contributed by atoms with E-state index in [1.165, 1.54) is 16.4 Å². The predicted molar refractivity (Wildman–Crippen MR) is 125 cm³/mol. The van der Waals surface area contributed by atoms with Crippen LogP contribution in [0.2, 0.25) is 0 Å². The summed E-state index contributed by atoms with van der Waals surface area (Å²) in [6.07, 6.45) is 2.76. The van der Waals surface area contributed by atoms with Gasteiger partial charge in [0.15, 0.2) is 0 Å². The molecule has 9 heteroatoms. The molecule has 0 saturated carbocycles. The fourth-order valence-electron chi connectivity index (χ4n) is 3.60. The monoisotopic (exact) mass is 468 g/mol. The number of carbonyl (C=O) groups excluding carboxylic acids is 1. The Kier molecular flexibility index (Phi) is 6.36. The molecule has 0 atom stereocenters. The van der Waals surface area contributed by atoms with Crippen molar-refractivity contribution < 1.29 is 17.7 Å². The van der Waals surface area contributed by atoms with E-state index in [1.807, 2.05) is 20.8 Å². The Morgan fingerprint density at radius 2 is 1.73 bits per heavy atom. The fraction of sp³-hybridized carbons (Fsp3) is 0.375. The standard InChI is InChI=1S/C24H28N4O4S/c1-24(2,3)23-26-21(27-32-23)17-10-12-19(13-11-17)25-22(29)18-8-7-9-20(16-18)33(30,31)28-14-5-4-6-15-28/h7-13,16H,4-6,14-15H2,1-3H3,(H,25,29). The third kappa shape index (κ3) is 5.15. The maximum absolute atomic E-state index is 12.9. The van der Waals surface area contributed by atoms with Crippen LogP contribution in [0.5, 0.6) is 0 Å². The van der Waals surface area contributed by atoms with Crippen LogP contribution in [-0.2, 0) is 15.4 Å². The van der Waals surface area contributed by atoms with Crippen molar-refractivity contribution >= 4 is 21.6 Å². The molecular formula is C24H28N4O4S. The van der Waals surface area contributed by atoms with Crippen LogP contribution in [0.3, 0.4) is 0 Å². The molecule has 3 aromatic rings. The number of anilines is 1. The van der Waals surface area contributed by atoms with Crippen molar-refractivity contribution in [2.45, 2.75) is 50.3 Å². The van der Waals surface area contributed by atoms with Gasteiger partial charge in [-0.25, -0.2) is 8.42 Å². The number of carbonyl (C=O) groups is 1. The molecule has 1 aromatic heterocycles. The first-order valence-electron chi connectivity index (χ1n) is 11.0. The number of nitrogens with one attached hydrogen (secondary N) is 1. The first kappa shape index (κ1) is 23.1. The van der Waals surface area contributed by atoms with E-state index in [1.54, 1.807) is 36.4 Å². The van der Waals surface area contributed by atoms with Crippen molar-refractivity contribution in [3.8, 4) is 11.4 Å². The molecule has 1 saturated heterocycles. The van der Waals surface area contributed by atoms with Crippen LogP contribution < -0.4 is 5.32 Å². The lowest BCUT2D eigenvalue weighted by atomic mass is 9.97. The van der Waals surface area contributed by atoms with E-state index < -0.39 is 10.0 Å². The van der Waals surface area contributed by atoms with Crippen LogP contribution in [0.25, 0.3) is 11.4 Å². The lowest BCUT2D eigenvalue weighted by Gasteiger charge is -2.26. The second-order valence-corrected chi connectivity index (χ2v) is 11.1. The lowest BCUT2D eigenvalue weighted by molar-refractivity contribution is 0.102. The van der Waals surface area contributed by atoms with Crippen molar-refractivity contribution in [2.75, 3.05) is 18.4 Å². The molecule has 1 fully saturated rings. The van der Waals surface area contributed by atoms with Gasteiger partial charge >= 0.3 is 0 Å². The van der Waals surface area contributed by atoms with Crippen LogP contribution >= 0.6 is 0 Å². The summed E-state index contributed by atoms with van der Waals surface area (Å²) < 4.78 is 32.7. The Hall–Kier alpha value is -3.04. The molecule has 1 aliphatic heterocycles. The molecule has 2 heterocycles. The summed E-state index contributed by atoms with van der Waals surface area (Å²) in [4.78, 5) is 17.4. The molecular weight excluding hydrogens is 440 g/mol. The Labute approximate surface area is 194 Å². The number of hydrogen-bond acceptors (Lipinski definition) is 6. The predicted octanol–water partition coefficient (Wildman–Crippen LogP) is 4.46. The summed E-state index contributed by atoms with van der Waals surface area (Å²) in [5.74, 6) is 0.649. The molecule has 0 unspecified atom stereocenters. The number of rotatable bonds is 5. The summed E-state index contributed by atoms with van der Waals surface area (Å²) in [5.41, 5.74) is 1.38. The van der Waals surface area contributed by atoms with Crippen LogP contribution in [0, 0.1) is 0 Å². The molecule has 0 radical (unpaired) electrons. The van der Waals surface area contributed by atoms with Crippen molar-refractivity contribution in [3.63, 3.8) is 0 Å². The second kappa shape index (κ2) is 9.07. The van der Waals surface area contributed by atoms with E-state index in [0.717, 1.165) is 24.8 Å². The quantitative estimate of drug-likeness (QED) is 0.593.